The lowest BCUT2D eigenvalue weighted by Gasteiger charge is -2.37. The maximum Gasteiger partial charge on any atom is 0.160 e. The molecular formula is C32H60O5S2. The first-order chi connectivity index (χ1) is 19.0. The molecule has 1 fully saturated rings. The molecule has 5 nitrogen and oxygen atoms in total. The molecule has 0 aromatic carbocycles. The highest BCUT2D eigenvalue weighted by atomic mass is 32.1. The van der Waals surface area contributed by atoms with Gasteiger partial charge < -0.3 is 24.4 Å². The Morgan fingerprint density at radius 2 is 1.05 bits per heavy atom. The van der Waals surface area contributed by atoms with Crippen molar-refractivity contribution < 1.29 is 24.4 Å². The second-order valence-corrected chi connectivity index (χ2v) is 12.3. The Kier molecular flexibility index (Phi) is 23.9. The second-order valence-electron chi connectivity index (χ2n) is 11.4. The van der Waals surface area contributed by atoms with Crippen LogP contribution in [0.4, 0.5) is 0 Å². The van der Waals surface area contributed by atoms with Crippen LogP contribution in [0.2, 0.25) is 0 Å². The number of hydrogen-bond donors (Lipinski definition) is 2. The third-order valence-corrected chi connectivity index (χ3v) is 8.35. The molecule has 0 bridgehead atoms. The molecule has 0 unspecified atom stereocenters. The Labute approximate surface area is 251 Å². The lowest BCUT2D eigenvalue weighted by Crippen LogP contribution is -2.56. The van der Waals surface area contributed by atoms with Crippen LogP contribution in [0.25, 0.3) is 0 Å². The smallest absolute Gasteiger partial charge is 0.160 e. The van der Waals surface area contributed by atoms with Crippen LogP contribution in [-0.4, -0.2) is 57.9 Å². The van der Waals surface area contributed by atoms with E-state index < -0.39 is 24.4 Å². The Morgan fingerprint density at radius 3 is 1.51 bits per heavy atom. The number of aliphatic hydroxyl groups is 2. The maximum absolute atomic E-state index is 10.8. The van der Waals surface area contributed by atoms with Crippen molar-refractivity contribution in [3.8, 4) is 0 Å². The zero-order valence-electron chi connectivity index (χ0n) is 25.2. The van der Waals surface area contributed by atoms with Gasteiger partial charge in [-0.2, -0.15) is 0 Å². The molecule has 1 rings (SSSR count). The fourth-order valence-electron chi connectivity index (χ4n) is 5.12. The molecule has 0 spiro atoms. The number of thiocarbonyl (C=S) groups is 2. The Balaban J connectivity index is 2.13. The average molecular weight is 589 g/mol. The SMILES string of the molecule is CCCCCCCCCCCCC(=S)OC[C@@H]1OC[C@@H](O)[C@H](OC(=S)CCCCCCCCCCCC)[C@H]1O. The molecule has 7 heteroatoms. The quantitative estimate of drug-likeness (QED) is 0.0816. The lowest BCUT2D eigenvalue weighted by molar-refractivity contribution is -0.189. The molecule has 4 atom stereocenters. The predicted molar refractivity (Wildman–Crippen MR) is 171 cm³/mol. The molecule has 0 aromatic rings. The molecule has 1 aliphatic heterocycles. The minimum Gasteiger partial charge on any atom is -0.484 e. The Bertz CT molecular complexity index is 603. The van der Waals surface area contributed by atoms with Crippen LogP contribution in [0.1, 0.15) is 155 Å². The van der Waals surface area contributed by atoms with Gasteiger partial charge in [-0.15, -0.1) is 0 Å². The number of unbranched alkanes of at least 4 members (excludes halogenated alkanes) is 18. The zero-order chi connectivity index (χ0) is 28.6. The molecule has 1 aliphatic rings. The predicted octanol–water partition coefficient (Wildman–Crippen LogP) is 8.79. The van der Waals surface area contributed by atoms with Gasteiger partial charge in [-0.1, -0.05) is 129 Å². The summed E-state index contributed by atoms with van der Waals surface area (Å²) >= 11 is 10.8. The summed E-state index contributed by atoms with van der Waals surface area (Å²) in [5, 5.41) is 22.1. The van der Waals surface area contributed by atoms with Gasteiger partial charge in [-0.25, -0.2) is 0 Å². The van der Waals surface area contributed by atoms with Gasteiger partial charge in [-0.05, 0) is 37.3 Å². The van der Waals surface area contributed by atoms with E-state index in [0.29, 0.717) is 16.5 Å². The van der Waals surface area contributed by atoms with E-state index in [0.717, 1.165) is 25.7 Å². The molecule has 2 N–H and O–H groups in total. The van der Waals surface area contributed by atoms with Crippen molar-refractivity contribution >= 4 is 34.5 Å². The normalized spacial score (nSPS) is 21.1. The van der Waals surface area contributed by atoms with Crippen molar-refractivity contribution in [3.05, 3.63) is 0 Å². The average Bonchev–Trinajstić information content (AvgIpc) is 2.92. The van der Waals surface area contributed by atoms with Crippen LogP contribution in [-0.2, 0) is 14.2 Å². The van der Waals surface area contributed by atoms with Crippen LogP contribution in [0, 0.1) is 0 Å². The summed E-state index contributed by atoms with van der Waals surface area (Å²) in [6.45, 7) is 4.75. The lowest BCUT2D eigenvalue weighted by atomic mass is 10.00. The zero-order valence-corrected chi connectivity index (χ0v) is 26.8. The van der Waals surface area contributed by atoms with Crippen molar-refractivity contribution in [2.45, 2.75) is 180 Å². The summed E-state index contributed by atoms with van der Waals surface area (Å²) in [5.74, 6) is 0. The van der Waals surface area contributed by atoms with Gasteiger partial charge in [0.25, 0.3) is 0 Å². The van der Waals surface area contributed by atoms with Crippen molar-refractivity contribution in [1.29, 1.82) is 0 Å². The maximum atomic E-state index is 10.8. The van der Waals surface area contributed by atoms with Gasteiger partial charge in [0.15, 0.2) is 16.2 Å². The second kappa shape index (κ2) is 25.4. The van der Waals surface area contributed by atoms with E-state index >= 15 is 0 Å². The van der Waals surface area contributed by atoms with E-state index in [4.69, 9.17) is 38.6 Å². The van der Waals surface area contributed by atoms with Gasteiger partial charge in [0.05, 0.1) is 6.61 Å². The van der Waals surface area contributed by atoms with Gasteiger partial charge >= 0.3 is 0 Å². The highest BCUT2D eigenvalue weighted by Crippen LogP contribution is 2.21. The summed E-state index contributed by atoms with van der Waals surface area (Å²) in [6.07, 6.45) is 23.6. The fraction of sp³-hybridized carbons (Fsp3) is 0.938. The summed E-state index contributed by atoms with van der Waals surface area (Å²) in [7, 11) is 0. The standard InChI is InChI=1S/C32H60O5S2/c1-3-5-7-9-11-13-15-17-19-21-23-29(38)36-26-28-31(34)32(27(33)25-35-28)37-30(39)24-22-20-18-16-14-12-10-8-6-4-2/h27-28,31-34H,3-26H2,1-2H3/t27-,28+,31+,32+/m1/s1. The van der Waals surface area contributed by atoms with Crippen molar-refractivity contribution in [1.82, 2.24) is 0 Å². The highest BCUT2D eigenvalue weighted by Gasteiger charge is 2.41. The highest BCUT2D eigenvalue weighted by molar-refractivity contribution is 7.80. The first-order valence-corrected chi connectivity index (χ1v) is 17.1. The Hall–Kier alpha value is -0.340. The molecule has 0 aromatic heterocycles. The summed E-state index contributed by atoms with van der Waals surface area (Å²) in [5.41, 5.74) is 0. The first-order valence-electron chi connectivity index (χ1n) is 16.3. The molecule has 0 saturated carbocycles. The molecular weight excluding hydrogens is 528 g/mol. The largest absolute Gasteiger partial charge is 0.484 e. The van der Waals surface area contributed by atoms with Crippen LogP contribution in [0.15, 0.2) is 0 Å². The fourth-order valence-corrected chi connectivity index (χ4v) is 5.59. The van der Waals surface area contributed by atoms with Crippen LogP contribution in [0.3, 0.4) is 0 Å². The topological polar surface area (TPSA) is 68.2 Å². The van der Waals surface area contributed by atoms with Gasteiger partial charge in [0, 0.05) is 12.8 Å². The van der Waals surface area contributed by atoms with Crippen LogP contribution < -0.4 is 0 Å². The third-order valence-electron chi connectivity index (χ3n) is 7.72. The van der Waals surface area contributed by atoms with E-state index in [1.54, 1.807) is 0 Å². The molecule has 1 saturated heterocycles. The monoisotopic (exact) mass is 588 g/mol. The molecule has 39 heavy (non-hydrogen) atoms. The van der Waals surface area contributed by atoms with E-state index in [1.807, 2.05) is 0 Å². The van der Waals surface area contributed by atoms with Crippen LogP contribution in [0.5, 0.6) is 0 Å². The van der Waals surface area contributed by atoms with Gasteiger partial charge in [0.1, 0.15) is 24.9 Å². The Morgan fingerprint density at radius 1 is 0.641 bits per heavy atom. The van der Waals surface area contributed by atoms with E-state index in [1.165, 1.54) is 109 Å². The third kappa shape index (κ3) is 19.4. The van der Waals surface area contributed by atoms with E-state index in [9.17, 15) is 10.2 Å². The summed E-state index contributed by atoms with van der Waals surface area (Å²) in [4.78, 5) is 0. The van der Waals surface area contributed by atoms with Gasteiger partial charge in [-0.3, -0.25) is 0 Å². The molecule has 0 amide bonds. The first kappa shape index (κ1) is 36.7. The van der Waals surface area contributed by atoms with Crippen LogP contribution >= 0.6 is 24.4 Å². The van der Waals surface area contributed by atoms with Crippen molar-refractivity contribution in [2.75, 3.05) is 13.2 Å². The molecule has 0 radical (unpaired) electrons. The number of aliphatic hydroxyl groups excluding tert-OH is 2. The van der Waals surface area contributed by atoms with E-state index in [-0.39, 0.29) is 13.2 Å². The summed E-state index contributed by atoms with van der Waals surface area (Å²) in [6, 6.07) is 0. The molecule has 0 aliphatic carbocycles. The molecule has 1 heterocycles. The van der Waals surface area contributed by atoms with Crippen molar-refractivity contribution in [3.63, 3.8) is 0 Å². The van der Waals surface area contributed by atoms with E-state index in [2.05, 4.69) is 13.8 Å². The molecule has 230 valence electrons. The minimum atomic E-state index is -1.01. The van der Waals surface area contributed by atoms with Crippen molar-refractivity contribution in [2.24, 2.45) is 0 Å². The summed E-state index contributed by atoms with van der Waals surface area (Å²) < 4.78 is 17.2. The number of ether oxygens (including phenoxy) is 3. The van der Waals surface area contributed by atoms with Gasteiger partial charge in [0.2, 0.25) is 0 Å². The minimum absolute atomic E-state index is 0.0851. The number of hydrogen-bond acceptors (Lipinski definition) is 7. The number of rotatable bonds is 25.